The highest BCUT2D eigenvalue weighted by molar-refractivity contribution is 7.85. The van der Waals surface area contributed by atoms with Gasteiger partial charge in [-0.2, -0.15) is 0 Å². The minimum absolute atomic E-state index is 0.0470. The van der Waals surface area contributed by atoms with Gasteiger partial charge in [0.1, 0.15) is 11.7 Å². The quantitative estimate of drug-likeness (QED) is 0.540. The van der Waals surface area contributed by atoms with Crippen molar-refractivity contribution >= 4 is 17.1 Å². The second-order valence-electron chi connectivity index (χ2n) is 2.33. The summed E-state index contributed by atoms with van der Waals surface area (Å²) in [4.78, 5) is 10.00. The van der Waals surface area contributed by atoms with E-state index < -0.39 is 10.8 Å². The highest BCUT2D eigenvalue weighted by atomic mass is 32.2. The topological polar surface area (TPSA) is 43.4 Å². The first-order valence-electron chi connectivity index (χ1n) is 3.20. The van der Waals surface area contributed by atoms with Gasteiger partial charge in [0, 0.05) is 6.42 Å². The summed E-state index contributed by atoms with van der Waals surface area (Å²) < 4.78 is 16.2. The van der Waals surface area contributed by atoms with Crippen molar-refractivity contribution in [2.45, 2.75) is 24.9 Å². The van der Waals surface area contributed by atoms with Crippen LogP contribution in [0.5, 0.6) is 0 Å². The molecule has 0 spiro atoms. The van der Waals surface area contributed by atoms with Gasteiger partial charge in [-0.3, -0.25) is 4.21 Å². The van der Waals surface area contributed by atoms with Crippen LogP contribution in [0.4, 0.5) is 0 Å². The summed E-state index contributed by atoms with van der Waals surface area (Å²) in [7, 11) is -0.944. The third-order valence-electron chi connectivity index (χ3n) is 1.36. The van der Waals surface area contributed by atoms with Crippen molar-refractivity contribution in [3.05, 3.63) is 0 Å². The summed E-state index contributed by atoms with van der Waals surface area (Å²) in [6.07, 6.45) is 1.06. The molecule has 1 aliphatic rings. The molecular weight excluding hydrogens is 152 g/mol. The van der Waals surface area contributed by atoms with E-state index in [1.54, 1.807) is 0 Å². The van der Waals surface area contributed by atoms with Gasteiger partial charge >= 0.3 is 0 Å². The van der Waals surface area contributed by atoms with E-state index in [0.717, 1.165) is 6.29 Å². The zero-order valence-corrected chi connectivity index (χ0v) is 6.60. The van der Waals surface area contributed by atoms with Crippen molar-refractivity contribution in [2.24, 2.45) is 0 Å². The van der Waals surface area contributed by atoms with Gasteiger partial charge in [0.25, 0.3) is 0 Å². The second-order valence-corrected chi connectivity index (χ2v) is 3.95. The van der Waals surface area contributed by atoms with Crippen LogP contribution >= 0.6 is 0 Å². The predicted molar refractivity (Wildman–Crippen MR) is 38.0 cm³/mol. The lowest BCUT2D eigenvalue weighted by atomic mass is 10.4. The number of aldehydes is 1. The average Bonchev–Trinajstić information content (AvgIpc) is 2.13. The summed E-state index contributed by atoms with van der Waals surface area (Å²) in [5.74, 6) is 0.568. The molecule has 1 saturated heterocycles. The van der Waals surface area contributed by atoms with Gasteiger partial charge in [0.05, 0.1) is 22.7 Å². The molecule has 3 nitrogen and oxygen atoms in total. The maximum absolute atomic E-state index is 11.0. The minimum Gasteiger partial charge on any atom is -0.361 e. The second kappa shape index (κ2) is 3.25. The Balaban J connectivity index is 2.46. The number of hydrogen-bond donors (Lipinski definition) is 0. The van der Waals surface area contributed by atoms with Crippen molar-refractivity contribution in [1.82, 2.24) is 0 Å². The van der Waals surface area contributed by atoms with E-state index >= 15 is 0 Å². The molecule has 0 aromatic carbocycles. The fourth-order valence-corrected chi connectivity index (χ4v) is 2.30. The Hall–Kier alpha value is -0.220. The molecule has 1 rings (SSSR count). The number of ether oxygens (including phenoxy) is 1. The van der Waals surface area contributed by atoms with E-state index in [2.05, 4.69) is 0 Å². The third-order valence-corrected chi connectivity index (χ3v) is 3.05. The van der Waals surface area contributed by atoms with Crippen LogP contribution in [0.1, 0.15) is 13.3 Å². The Kier molecular flexibility index (Phi) is 2.56. The first-order valence-corrected chi connectivity index (χ1v) is 4.58. The standard InChI is InChI=1S/C6H10O3S/c1-5-4-10(8)6(9-5)2-3-7/h3,5-6H,2,4H2,1H3. The van der Waals surface area contributed by atoms with Gasteiger partial charge in [-0.15, -0.1) is 0 Å². The summed E-state index contributed by atoms with van der Waals surface area (Å²) in [6.45, 7) is 1.86. The maximum atomic E-state index is 11.0. The monoisotopic (exact) mass is 162 g/mol. The molecule has 0 aromatic heterocycles. The summed E-state index contributed by atoms with van der Waals surface area (Å²) in [5.41, 5.74) is -0.340. The normalized spacial score (nSPS) is 39.9. The van der Waals surface area contributed by atoms with Crippen LogP contribution in [0.25, 0.3) is 0 Å². The number of rotatable bonds is 2. The van der Waals surface area contributed by atoms with E-state index in [9.17, 15) is 9.00 Å². The highest BCUT2D eigenvalue weighted by Crippen LogP contribution is 2.16. The number of hydrogen-bond acceptors (Lipinski definition) is 3. The van der Waals surface area contributed by atoms with Gasteiger partial charge in [0.15, 0.2) is 0 Å². The Morgan fingerprint density at radius 1 is 1.80 bits per heavy atom. The van der Waals surface area contributed by atoms with Gasteiger partial charge < -0.3 is 9.53 Å². The molecule has 0 aliphatic carbocycles. The molecule has 3 atom stereocenters. The smallest absolute Gasteiger partial charge is 0.139 e. The number of carbonyl (C=O) groups excluding carboxylic acids is 1. The summed E-state index contributed by atoms with van der Waals surface area (Å²) in [5, 5.41) is 0. The van der Waals surface area contributed by atoms with Gasteiger partial charge in [0.2, 0.25) is 0 Å². The van der Waals surface area contributed by atoms with Crippen LogP contribution in [-0.2, 0) is 20.3 Å². The minimum atomic E-state index is -0.944. The summed E-state index contributed by atoms with van der Waals surface area (Å²) >= 11 is 0. The molecule has 0 radical (unpaired) electrons. The van der Waals surface area contributed by atoms with Crippen molar-refractivity contribution < 1.29 is 13.7 Å². The van der Waals surface area contributed by atoms with Crippen LogP contribution in [0.3, 0.4) is 0 Å². The van der Waals surface area contributed by atoms with E-state index in [0.29, 0.717) is 5.75 Å². The van der Waals surface area contributed by atoms with E-state index in [1.807, 2.05) is 6.92 Å². The zero-order chi connectivity index (χ0) is 7.56. The SMILES string of the molecule is CC1CS(=O)C(CC=O)O1. The average molecular weight is 162 g/mol. The molecule has 0 bridgehead atoms. The van der Waals surface area contributed by atoms with Crippen LogP contribution in [0, 0.1) is 0 Å². The largest absolute Gasteiger partial charge is 0.361 e. The Morgan fingerprint density at radius 3 is 2.90 bits per heavy atom. The summed E-state index contributed by atoms with van der Waals surface area (Å²) in [6, 6.07) is 0. The van der Waals surface area contributed by atoms with E-state index in [-0.39, 0.29) is 18.0 Å². The van der Waals surface area contributed by atoms with Crippen molar-refractivity contribution in [3.63, 3.8) is 0 Å². The lowest BCUT2D eigenvalue weighted by Gasteiger charge is -2.03. The fraction of sp³-hybridized carbons (Fsp3) is 0.833. The molecule has 58 valence electrons. The lowest BCUT2D eigenvalue weighted by Crippen LogP contribution is -2.11. The first kappa shape index (κ1) is 7.88. The molecule has 1 aliphatic heterocycles. The molecule has 1 heterocycles. The number of carbonyl (C=O) groups is 1. The first-order chi connectivity index (χ1) is 4.74. The van der Waals surface area contributed by atoms with Gasteiger partial charge in [-0.05, 0) is 6.92 Å². The fourth-order valence-electron chi connectivity index (χ4n) is 0.940. The third kappa shape index (κ3) is 1.64. The maximum Gasteiger partial charge on any atom is 0.139 e. The van der Waals surface area contributed by atoms with Crippen molar-refractivity contribution in [2.75, 3.05) is 5.75 Å². The van der Waals surface area contributed by atoms with Crippen LogP contribution in [0.2, 0.25) is 0 Å². The van der Waals surface area contributed by atoms with Crippen molar-refractivity contribution in [1.29, 1.82) is 0 Å². The zero-order valence-electron chi connectivity index (χ0n) is 5.78. The highest BCUT2D eigenvalue weighted by Gasteiger charge is 2.28. The van der Waals surface area contributed by atoms with E-state index in [1.165, 1.54) is 0 Å². The van der Waals surface area contributed by atoms with E-state index in [4.69, 9.17) is 4.74 Å². The Bertz CT molecular complexity index is 157. The molecule has 10 heavy (non-hydrogen) atoms. The van der Waals surface area contributed by atoms with Crippen LogP contribution in [-0.4, -0.2) is 27.8 Å². The molecule has 0 N–H and O–H groups in total. The predicted octanol–water partition coefficient (Wildman–Crippen LogP) is 0.0689. The Morgan fingerprint density at radius 2 is 2.50 bits per heavy atom. The molecule has 0 aromatic rings. The molecule has 4 heteroatoms. The molecular formula is C6H10O3S. The van der Waals surface area contributed by atoms with Gasteiger partial charge in [-0.1, -0.05) is 0 Å². The Labute approximate surface area is 62.2 Å². The molecule has 0 amide bonds. The lowest BCUT2D eigenvalue weighted by molar-refractivity contribution is -0.109. The molecule has 0 saturated carbocycles. The van der Waals surface area contributed by atoms with Crippen molar-refractivity contribution in [3.8, 4) is 0 Å². The molecule has 3 unspecified atom stereocenters. The van der Waals surface area contributed by atoms with Gasteiger partial charge in [-0.25, -0.2) is 0 Å². The van der Waals surface area contributed by atoms with Crippen LogP contribution < -0.4 is 0 Å². The molecule has 1 fully saturated rings. The van der Waals surface area contributed by atoms with Crippen LogP contribution in [0.15, 0.2) is 0 Å².